The molecule has 0 bridgehead atoms. The van der Waals surface area contributed by atoms with Gasteiger partial charge in [-0.25, -0.2) is 9.59 Å². The number of hydrogen-bond acceptors (Lipinski definition) is 3. The van der Waals surface area contributed by atoms with Crippen molar-refractivity contribution >= 4 is 12.0 Å². The Bertz CT molecular complexity index is 450. The van der Waals surface area contributed by atoms with E-state index in [1.54, 1.807) is 12.4 Å². The van der Waals surface area contributed by atoms with Gasteiger partial charge >= 0.3 is 12.0 Å². The molecule has 20 heavy (non-hydrogen) atoms. The van der Waals surface area contributed by atoms with Crippen LogP contribution in [0.5, 0.6) is 0 Å². The number of aliphatic carboxylic acids is 1. The lowest BCUT2D eigenvalue weighted by atomic mass is 9.97. The molecule has 0 saturated heterocycles. The Labute approximate surface area is 118 Å². The van der Waals surface area contributed by atoms with Gasteiger partial charge in [-0.1, -0.05) is 13.3 Å². The number of carboxylic acid groups (broad SMARTS) is 1. The van der Waals surface area contributed by atoms with Crippen LogP contribution >= 0.6 is 0 Å². The third-order valence-corrected chi connectivity index (χ3v) is 3.06. The summed E-state index contributed by atoms with van der Waals surface area (Å²) < 4.78 is 0. The van der Waals surface area contributed by atoms with Crippen molar-refractivity contribution in [2.24, 2.45) is 0 Å². The van der Waals surface area contributed by atoms with Crippen LogP contribution in [-0.2, 0) is 11.2 Å². The first kappa shape index (κ1) is 15.9. The van der Waals surface area contributed by atoms with Crippen LogP contribution in [0, 0.1) is 0 Å². The molecule has 0 radical (unpaired) electrons. The summed E-state index contributed by atoms with van der Waals surface area (Å²) in [6.07, 6.45) is 5.13. The van der Waals surface area contributed by atoms with Gasteiger partial charge in [0.05, 0.1) is 0 Å². The smallest absolute Gasteiger partial charge is 0.329 e. The molecule has 1 aromatic heterocycles. The number of aromatic nitrogens is 1. The zero-order valence-corrected chi connectivity index (χ0v) is 11.8. The molecule has 0 fully saturated rings. The van der Waals surface area contributed by atoms with Crippen LogP contribution < -0.4 is 10.6 Å². The van der Waals surface area contributed by atoms with Gasteiger partial charge in [-0.15, -0.1) is 0 Å². The van der Waals surface area contributed by atoms with Crippen molar-refractivity contribution in [2.75, 3.05) is 6.54 Å². The molecule has 0 aliphatic heterocycles. The number of rotatable bonds is 7. The highest BCUT2D eigenvalue weighted by atomic mass is 16.4. The molecule has 6 heteroatoms. The second-order valence-corrected chi connectivity index (χ2v) is 4.87. The molecule has 0 aliphatic rings. The first-order valence-corrected chi connectivity index (χ1v) is 6.66. The fourth-order valence-corrected chi connectivity index (χ4v) is 1.89. The summed E-state index contributed by atoms with van der Waals surface area (Å²) in [6, 6.07) is 3.29. The number of nitrogens with one attached hydrogen (secondary N) is 2. The lowest BCUT2D eigenvalue weighted by Crippen LogP contribution is -2.55. The van der Waals surface area contributed by atoms with Crippen molar-refractivity contribution < 1.29 is 14.7 Å². The van der Waals surface area contributed by atoms with Gasteiger partial charge in [0.15, 0.2) is 0 Å². The molecule has 2 amide bonds. The minimum Gasteiger partial charge on any atom is -0.480 e. The summed E-state index contributed by atoms with van der Waals surface area (Å²) in [6.45, 7) is 3.84. The lowest BCUT2D eigenvalue weighted by Gasteiger charge is -2.25. The molecule has 6 nitrogen and oxygen atoms in total. The largest absolute Gasteiger partial charge is 0.480 e. The van der Waals surface area contributed by atoms with Gasteiger partial charge in [0, 0.05) is 18.9 Å². The Hall–Kier alpha value is -2.11. The molecule has 110 valence electrons. The van der Waals surface area contributed by atoms with E-state index in [0.29, 0.717) is 25.8 Å². The highest BCUT2D eigenvalue weighted by molar-refractivity contribution is 5.85. The predicted molar refractivity (Wildman–Crippen MR) is 75.4 cm³/mol. The van der Waals surface area contributed by atoms with Crippen molar-refractivity contribution in [1.82, 2.24) is 15.6 Å². The molecule has 1 aromatic rings. The highest BCUT2D eigenvalue weighted by Crippen LogP contribution is 2.12. The van der Waals surface area contributed by atoms with E-state index in [0.717, 1.165) is 5.56 Å². The van der Waals surface area contributed by atoms with Gasteiger partial charge in [-0.05, 0) is 37.5 Å². The Balaban J connectivity index is 2.41. The summed E-state index contributed by atoms with van der Waals surface area (Å²) in [5, 5.41) is 14.4. The molecule has 0 saturated carbocycles. The molecule has 0 spiro atoms. The molecule has 1 unspecified atom stereocenters. The van der Waals surface area contributed by atoms with Gasteiger partial charge in [-0.3, -0.25) is 4.98 Å². The van der Waals surface area contributed by atoms with E-state index in [1.165, 1.54) is 6.92 Å². The number of pyridine rings is 1. The number of carbonyl (C=O) groups is 2. The number of carbonyl (C=O) groups excluding carboxylic acids is 1. The molecule has 1 rings (SSSR count). The molecular formula is C14H21N3O3. The van der Waals surface area contributed by atoms with Crippen LogP contribution in [0.3, 0.4) is 0 Å². The van der Waals surface area contributed by atoms with Gasteiger partial charge < -0.3 is 15.7 Å². The van der Waals surface area contributed by atoms with Crippen molar-refractivity contribution in [3.8, 4) is 0 Å². The fraction of sp³-hybridized carbons (Fsp3) is 0.500. The zero-order chi connectivity index (χ0) is 15.0. The van der Waals surface area contributed by atoms with Gasteiger partial charge in [0.25, 0.3) is 0 Å². The van der Waals surface area contributed by atoms with Crippen molar-refractivity contribution in [1.29, 1.82) is 0 Å². The van der Waals surface area contributed by atoms with Crippen LogP contribution in [-0.4, -0.2) is 34.2 Å². The minimum absolute atomic E-state index is 0.389. The standard InChI is InChI=1S/C14H21N3O3/c1-3-7-14(2,12(18)19)17-13(20)16-10-6-11-4-8-15-9-5-11/h4-5,8-9H,3,6-7,10H2,1-2H3,(H,18,19)(H2,16,17,20). The maximum atomic E-state index is 11.7. The van der Waals surface area contributed by atoms with Gasteiger partial charge in [0.1, 0.15) is 5.54 Å². The van der Waals surface area contributed by atoms with Crippen LogP contribution in [0.1, 0.15) is 32.3 Å². The maximum absolute atomic E-state index is 11.7. The molecule has 1 atom stereocenters. The van der Waals surface area contributed by atoms with E-state index in [9.17, 15) is 9.59 Å². The number of carboxylic acids is 1. The van der Waals surface area contributed by atoms with E-state index in [-0.39, 0.29) is 0 Å². The average Bonchev–Trinajstić information content (AvgIpc) is 2.40. The second-order valence-electron chi connectivity index (χ2n) is 4.87. The molecule has 0 aliphatic carbocycles. The zero-order valence-electron chi connectivity index (χ0n) is 11.8. The van der Waals surface area contributed by atoms with Gasteiger partial charge in [0.2, 0.25) is 0 Å². The van der Waals surface area contributed by atoms with E-state index < -0.39 is 17.5 Å². The Morgan fingerprint density at radius 3 is 2.55 bits per heavy atom. The fourth-order valence-electron chi connectivity index (χ4n) is 1.89. The number of nitrogens with zero attached hydrogens (tertiary/aromatic N) is 1. The monoisotopic (exact) mass is 279 g/mol. The van der Waals surface area contributed by atoms with Crippen molar-refractivity contribution in [3.63, 3.8) is 0 Å². The quantitative estimate of drug-likeness (QED) is 0.706. The average molecular weight is 279 g/mol. The Morgan fingerprint density at radius 1 is 1.35 bits per heavy atom. The summed E-state index contributed by atoms with van der Waals surface area (Å²) in [5.41, 5.74) is -0.162. The molecule has 0 aromatic carbocycles. The van der Waals surface area contributed by atoms with E-state index in [2.05, 4.69) is 15.6 Å². The van der Waals surface area contributed by atoms with Crippen LogP contribution in [0.4, 0.5) is 4.79 Å². The normalized spacial score (nSPS) is 13.3. The van der Waals surface area contributed by atoms with Crippen molar-refractivity contribution in [2.45, 2.75) is 38.6 Å². The van der Waals surface area contributed by atoms with Crippen molar-refractivity contribution in [3.05, 3.63) is 30.1 Å². The summed E-state index contributed by atoms with van der Waals surface area (Å²) in [7, 11) is 0. The highest BCUT2D eigenvalue weighted by Gasteiger charge is 2.33. The van der Waals surface area contributed by atoms with E-state index in [1.807, 2.05) is 19.1 Å². The number of amides is 2. The lowest BCUT2D eigenvalue weighted by molar-refractivity contribution is -0.144. The first-order chi connectivity index (χ1) is 9.48. The molecular weight excluding hydrogens is 258 g/mol. The molecule has 3 N–H and O–H groups in total. The van der Waals surface area contributed by atoms with E-state index >= 15 is 0 Å². The number of hydrogen-bond donors (Lipinski definition) is 3. The summed E-state index contributed by atoms with van der Waals surface area (Å²) in [4.78, 5) is 26.8. The van der Waals surface area contributed by atoms with Crippen LogP contribution in [0.15, 0.2) is 24.5 Å². The second kappa shape index (κ2) is 7.47. The summed E-state index contributed by atoms with van der Waals surface area (Å²) >= 11 is 0. The first-order valence-electron chi connectivity index (χ1n) is 6.66. The molecule has 1 heterocycles. The SMILES string of the molecule is CCCC(C)(NC(=O)NCCc1ccncc1)C(=O)O. The Kier molecular flexibility index (Phi) is 5.96. The van der Waals surface area contributed by atoms with E-state index in [4.69, 9.17) is 5.11 Å². The maximum Gasteiger partial charge on any atom is 0.329 e. The summed E-state index contributed by atoms with van der Waals surface area (Å²) in [5.74, 6) is -1.02. The minimum atomic E-state index is -1.23. The number of urea groups is 1. The predicted octanol–water partition coefficient (Wildman–Crippen LogP) is 1.57. The van der Waals surface area contributed by atoms with Crippen LogP contribution in [0.25, 0.3) is 0 Å². The Morgan fingerprint density at radius 2 is 2.00 bits per heavy atom. The topological polar surface area (TPSA) is 91.3 Å². The third kappa shape index (κ3) is 4.87. The van der Waals surface area contributed by atoms with Gasteiger partial charge in [-0.2, -0.15) is 0 Å². The van der Waals surface area contributed by atoms with Crippen LogP contribution in [0.2, 0.25) is 0 Å². The third-order valence-electron chi connectivity index (χ3n) is 3.06.